The molecule has 7 aromatic carbocycles. The normalized spacial score (nSPS) is 13.0. The van der Waals surface area contributed by atoms with Gasteiger partial charge in [0, 0.05) is 22.4 Å². The highest BCUT2D eigenvalue weighted by Crippen LogP contribution is 2.57. The molecule has 1 heteroatoms. The number of fused-ring (bicyclic) bond motifs is 5. The summed E-state index contributed by atoms with van der Waals surface area (Å²) < 4.78 is 0. The molecule has 0 N–H and O–H groups in total. The van der Waals surface area contributed by atoms with Crippen LogP contribution in [0.15, 0.2) is 164 Å². The minimum atomic E-state index is -0.163. The first-order chi connectivity index (χ1) is 21.6. The van der Waals surface area contributed by atoms with E-state index in [4.69, 9.17) is 0 Å². The van der Waals surface area contributed by atoms with Gasteiger partial charge in [-0.25, -0.2) is 0 Å². The Bertz CT molecular complexity index is 2130. The lowest BCUT2D eigenvalue weighted by molar-refractivity contribution is 0.666. The lowest BCUT2D eigenvalue weighted by Gasteiger charge is -2.30. The number of benzene rings is 7. The van der Waals surface area contributed by atoms with Crippen molar-refractivity contribution in [2.75, 3.05) is 4.90 Å². The van der Waals surface area contributed by atoms with Crippen LogP contribution in [0.3, 0.4) is 0 Å². The van der Waals surface area contributed by atoms with Gasteiger partial charge >= 0.3 is 0 Å². The van der Waals surface area contributed by atoms with Gasteiger partial charge in [-0.2, -0.15) is 0 Å². The first kappa shape index (κ1) is 26.2. The summed E-state index contributed by atoms with van der Waals surface area (Å²) in [7, 11) is 0. The van der Waals surface area contributed by atoms with Crippen molar-refractivity contribution in [3.63, 3.8) is 0 Å². The van der Waals surface area contributed by atoms with Crippen molar-refractivity contribution in [2.24, 2.45) is 0 Å². The van der Waals surface area contributed by atoms with Crippen LogP contribution in [0.25, 0.3) is 44.2 Å². The van der Waals surface area contributed by atoms with Crippen molar-refractivity contribution in [1.29, 1.82) is 0 Å². The summed E-state index contributed by atoms with van der Waals surface area (Å²) in [6, 6.07) is 59.5. The van der Waals surface area contributed by atoms with Crippen LogP contribution in [-0.2, 0) is 5.41 Å². The van der Waals surface area contributed by atoms with E-state index in [0.29, 0.717) is 0 Å². The Labute approximate surface area is 259 Å². The van der Waals surface area contributed by atoms with E-state index in [1.54, 1.807) is 0 Å². The lowest BCUT2D eigenvalue weighted by Crippen LogP contribution is -2.17. The molecule has 0 radical (unpaired) electrons. The molecule has 0 unspecified atom stereocenters. The number of rotatable bonds is 5. The van der Waals surface area contributed by atoms with Crippen molar-refractivity contribution in [2.45, 2.75) is 19.3 Å². The van der Waals surface area contributed by atoms with Crippen LogP contribution in [0.2, 0.25) is 0 Å². The van der Waals surface area contributed by atoms with E-state index < -0.39 is 0 Å². The molecule has 1 aliphatic carbocycles. The summed E-state index contributed by atoms with van der Waals surface area (Å²) in [6.07, 6.45) is 0. The summed E-state index contributed by atoms with van der Waals surface area (Å²) >= 11 is 0. The molecule has 0 amide bonds. The van der Waals surface area contributed by atoms with Gasteiger partial charge in [0.15, 0.2) is 0 Å². The second-order valence-corrected chi connectivity index (χ2v) is 12.2. The van der Waals surface area contributed by atoms with E-state index in [0.717, 1.165) is 11.4 Å². The standard InChI is InChI=1S/C43H33N/c1-43(2)39-26-25-33(31-17-8-4-9-18-31)28-38(39)41-40(29-34-19-12-13-24-37(34)42(41)43)44(35-21-10-5-11-22-35)36-23-14-20-32(27-36)30-15-6-3-7-16-30/h3-29H,1-2H3. The first-order valence-corrected chi connectivity index (χ1v) is 15.4. The van der Waals surface area contributed by atoms with Gasteiger partial charge in [-0.15, -0.1) is 0 Å². The van der Waals surface area contributed by atoms with Crippen molar-refractivity contribution in [3.05, 3.63) is 175 Å². The molecular formula is C43H33N. The van der Waals surface area contributed by atoms with E-state index in [9.17, 15) is 0 Å². The molecule has 1 nitrogen and oxygen atoms in total. The van der Waals surface area contributed by atoms with Crippen molar-refractivity contribution in [1.82, 2.24) is 0 Å². The lowest BCUT2D eigenvalue weighted by atomic mass is 9.80. The first-order valence-electron chi connectivity index (χ1n) is 15.4. The zero-order valence-corrected chi connectivity index (χ0v) is 25.0. The van der Waals surface area contributed by atoms with Crippen molar-refractivity contribution in [3.8, 4) is 33.4 Å². The summed E-state index contributed by atoms with van der Waals surface area (Å²) in [5.74, 6) is 0. The maximum Gasteiger partial charge on any atom is 0.0549 e. The average Bonchev–Trinajstić information content (AvgIpc) is 3.33. The van der Waals surface area contributed by atoms with Gasteiger partial charge in [-0.1, -0.05) is 141 Å². The Balaban J connectivity index is 1.45. The van der Waals surface area contributed by atoms with E-state index in [2.05, 4.69) is 183 Å². The van der Waals surface area contributed by atoms with Crippen LogP contribution >= 0.6 is 0 Å². The summed E-state index contributed by atoms with van der Waals surface area (Å²) in [4.78, 5) is 2.46. The molecule has 0 heterocycles. The Morgan fingerprint density at radius 3 is 1.73 bits per heavy atom. The summed E-state index contributed by atoms with van der Waals surface area (Å²) in [5, 5.41) is 2.57. The minimum Gasteiger partial charge on any atom is -0.310 e. The van der Waals surface area contributed by atoms with Crippen LogP contribution in [-0.4, -0.2) is 0 Å². The van der Waals surface area contributed by atoms with E-state index >= 15 is 0 Å². The average molecular weight is 564 g/mol. The summed E-state index contributed by atoms with van der Waals surface area (Å²) in [6.45, 7) is 4.78. The predicted octanol–water partition coefficient (Wildman–Crippen LogP) is 11.9. The minimum absolute atomic E-state index is 0.163. The second-order valence-electron chi connectivity index (χ2n) is 12.2. The van der Waals surface area contributed by atoms with Crippen molar-refractivity contribution >= 4 is 27.8 Å². The van der Waals surface area contributed by atoms with Gasteiger partial charge in [-0.05, 0) is 86.1 Å². The topological polar surface area (TPSA) is 3.24 Å². The molecule has 0 saturated heterocycles. The fraction of sp³-hybridized carbons (Fsp3) is 0.0698. The molecule has 7 aromatic rings. The van der Waals surface area contributed by atoms with E-state index in [1.807, 2.05) is 0 Å². The number of hydrogen-bond acceptors (Lipinski definition) is 1. The molecule has 0 spiro atoms. The Morgan fingerprint density at radius 2 is 1.02 bits per heavy atom. The Morgan fingerprint density at radius 1 is 0.455 bits per heavy atom. The third-order valence-corrected chi connectivity index (χ3v) is 9.19. The molecule has 0 bridgehead atoms. The molecule has 8 rings (SSSR count). The highest BCUT2D eigenvalue weighted by atomic mass is 15.1. The molecule has 0 aliphatic heterocycles. The van der Waals surface area contributed by atoms with Crippen LogP contribution in [0.1, 0.15) is 25.0 Å². The third kappa shape index (κ3) is 4.24. The maximum absolute atomic E-state index is 2.46. The number of nitrogens with zero attached hydrogens (tertiary/aromatic N) is 1. The van der Waals surface area contributed by atoms with Crippen molar-refractivity contribution < 1.29 is 0 Å². The highest BCUT2D eigenvalue weighted by Gasteiger charge is 2.40. The molecule has 0 fully saturated rings. The summed E-state index contributed by atoms with van der Waals surface area (Å²) in [5.41, 5.74) is 13.6. The van der Waals surface area contributed by atoms with Gasteiger partial charge in [-0.3, -0.25) is 0 Å². The molecule has 44 heavy (non-hydrogen) atoms. The number of anilines is 3. The van der Waals surface area contributed by atoms with Crippen LogP contribution in [0.4, 0.5) is 17.1 Å². The molecule has 0 atom stereocenters. The van der Waals surface area contributed by atoms with Gasteiger partial charge < -0.3 is 4.90 Å². The van der Waals surface area contributed by atoms with Crippen LogP contribution < -0.4 is 4.90 Å². The van der Waals surface area contributed by atoms with Gasteiger partial charge in [0.1, 0.15) is 0 Å². The maximum atomic E-state index is 2.46. The third-order valence-electron chi connectivity index (χ3n) is 9.19. The highest BCUT2D eigenvalue weighted by molar-refractivity contribution is 6.06. The SMILES string of the molecule is CC1(C)c2ccc(-c3ccccc3)cc2-c2c(N(c3ccccc3)c3cccc(-c4ccccc4)c3)cc3ccccc3c21. The fourth-order valence-corrected chi connectivity index (χ4v) is 7.13. The monoisotopic (exact) mass is 563 g/mol. The van der Waals surface area contributed by atoms with Gasteiger partial charge in [0.2, 0.25) is 0 Å². The van der Waals surface area contributed by atoms with Crippen LogP contribution in [0, 0.1) is 0 Å². The van der Waals surface area contributed by atoms with Crippen LogP contribution in [0.5, 0.6) is 0 Å². The molecular weight excluding hydrogens is 530 g/mol. The molecule has 1 aliphatic rings. The zero-order valence-electron chi connectivity index (χ0n) is 25.0. The Kier molecular flexibility index (Phi) is 6.20. The number of hydrogen-bond donors (Lipinski definition) is 0. The van der Waals surface area contributed by atoms with E-state index in [1.165, 1.54) is 61.0 Å². The fourth-order valence-electron chi connectivity index (χ4n) is 7.13. The molecule has 210 valence electrons. The Hall–Kier alpha value is -5.40. The quantitative estimate of drug-likeness (QED) is 0.201. The van der Waals surface area contributed by atoms with Gasteiger partial charge in [0.05, 0.1) is 5.69 Å². The number of para-hydroxylation sites is 1. The molecule has 0 aromatic heterocycles. The molecule has 0 saturated carbocycles. The largest absolute Gasteiger partial charge is 0.310 e. The predicted molar refractivity (Wildman–Crippen MR) is 187 cm³/mol. The second kappa shape index (κ2) is 10.4. The zero-order chi connectivity index (χ0) is 29.7. The van der Waals surface area contributed by atoms with Gasteiger partial charge in [0.25, 0.3) is 0 Å². The smallest absolute Gasteiger partial charge is 0.0549 e. The van der Waals surface area contributed by atoms with E-state index in [-0.39, 0.29) is 5.41 Å².